The fourth-order valence-corrected chi connectivity index (χ4v) is 0.759. The van der Waals surface area contributed by atoms with E-state index in [1.165, 1.54) is 4.90 Å². The Hall–Kier alpha value is -0.610. The Labute approximate surface area is 59.7 Å². The van der Waals surface area contributed by atoms with E-state index >= 15 is 0 Å². The van der Waals surface area contributed by atoms with E-state index in [0.717, 1.165) is 0 Å². The Morgan fingerprint density at radius 3 is 2.60 bits per heavy atom. The first kappa shape index (κ1) is 7.50. The van der Waals surface area contributed by atoms with Gasteiger partial charge in [0.1, 0.15) is 13.5 Å². The first-order valence-corrected chi connectivity index (χ1v) is 3.28. The van der Waals surface area contributed by atoms with E-state index in [-0.39, 0.29) is 5.91 Å². The summed E-state index contributed by atoms with van der Waals surface area (Å²) in [5.74, 6) is 0.0692. The molecule has 0 aromatic carbocycles. The van der Waals surface area contributed by atoms with Crippen LogP contribution in [-0.2, 0) is 14.3 Å². The minimum Gasteiger partial charge on any atom is -0.335 e. The first-order chi connectivity index (χ1) is 4.84. The van der Waals surface area contributed by atoms with Crippen LogP contribution >= 0.6 is 0 Å². The topological polar surface area (TPSA) is 38.8 Å². The Morgan fingerprint density at radius 1 is 1.50 bits per heavy atom. The summed E-state index contributed by atoms with van der Waals surface area (Å²) in [5.41, 5.74) is 0. The van der Waals surface area contributed by atoms with Crippen molar-refractivity contribution < 1.29 is 14.3 Å². The highest BCUT2D eigenvalue weighted by Gasteiger charge is 2.14. The molecule has 1 amide bonds. The van der Waals surface area contributed by atoms with Gasteiger partial charge in [-0.2, -0.15) is 0 Å². The monoisotopic (exact) mass is 145 g/mol. The predicted molar refractivity (Wildman–Crippen MR) is 33.9 cm³/mol. The molecule has 1 heterocycles. The third-order valence-corrected chi connectivity index (χ3v) is 1.32. The van der Waals surface area contributed by atoms with Crippen molar-refractivity contribution in [2.45, 2.75) is 13.3 Å². The Morgan fingerprint density at radius 2 is 2.10 bits per heavy atom. The molecule has 1 saturated heterocycles. The van der Waals surface area contributed by atoms with Gasteiger partial charge in [-0.3, -0.25) is 9.69 Å². The smallest absolute Gasteiger partial charge is 0.225 e. The number of carbonyl (C=O) groups is 1. The van der Waals surface area contributed by atoms with Crippen molar-refractivity contribution in [3.05, 3.63) is 0 Å². The predicted octanol–water partition coefficient (Wildman–Crippen LogP) is 0.144. The zero-order valence-corrected chi connectivity index (χ0v) is 6.00. The second-order valence-electron chi connectivity index (χ2n) is 2.07. The largest absolute Gasteiger partial charge is 0.335 e. The second-order valence-corrected chi connectivity index (χ2v) is 2.07. The summed E-state index contributed by atoms with van der Waals surface area (Å²) < 4.78 is 9.78. The van der Waals surface area contributed by atoms with Gasteiger partial charge in [0.25, 0.3) is 0 Å². The highest BCUT2D eigenvalue weighted by Crippen LogP contribution is 1.99. The van der Waals surface area contributed by atoms with Gasteiger partial charge in [-0.25, -0.2) is 0 Å². The van der Waals surface area contributed by atoms with Crippen molar-refractivity contribution >= 4 is 5.91 Å². The molecule has 1 aliphatic rings. The number of nitrogens with zero attached hydrogens (tertiary/aromatic N) is 1. The lowest BCUT2D eigenvalue weighted by atomic mass is 10.4. The van der Waals surface area contributed by atoms with Crippen molar-refractivity contribution in [3.8, 4) is 0 Å². The summed E-state index contributed by atoms with van der Waals surface area (Å²) in [7, 11) is 0. The quantitative estimate of drug-likeness (QED) is 0.527. The molecule has 0 aliphatic carbocycles. The molecule has 1 fully saturated rings. The molecule has 0 unspecified atom stereocenters. The van der Waals surface area contributed by atoms with Gasteiger partial charge in [0, 0.05) is 6.42 Å². The molecule has 0 radical (unpaired) electrons. The van der Waals surface area contributed by atoms with E-state index in [1.807, 2.05) is 6.92 Å². The minimum atomic E-state index is 0.0692. The number of hydrogen-bond donors (Lipinski definition) is 0. The number of amides is 1. The van der Waals surface area contributed by atoms with Crippen LogP contribution in [0, 0.1) is 0 Å². The lowest BCUT2D eigenvalue weighted by molar-refractivity contribution is -0.191. The van der Waals surface area contributed by atoms with Crippen LogP contribution in [0.25, 0.3) is 0 Å². The highest BCUT2D eigenvalue weighted by molar-refractivity contribution is 5.75. The van der Waals surface area contributed by atoms with Crippen molar-refractivity contribution in [1.82, 2.24) is 4.90 Å². The number of hydrogen-bond acceptors (Lipinski definition) is 3. The minimum absolute atomic E-state index is 0.0692. The maximum absolute atomic E-state index is 10.9. The van der Waals surface area contributed by atoms with Crippen LogP contribution in [0.2, 0.25) is 0 Å². The third kappa shape index (κ3) is 1.68. The van der Waals surface area contributed by atoms with E-state index < -0.39 is 0 Å². The summed E-state index contributed by atoms with van der Waals surface area (Å²) in [5, 5.41) is 0. The zero-order valence-electron chi connectivity index (χ0n) is 6.00. The molecule has 0 bridgehead atoms. The molecule has 58 valence electrons. The molecular weight excluding hydrogens is 134 g/mol. The SMILES string of the molecule is CCC(=O)N1COCOC1. The fraction of sp³-hybridized carbons (Fsp3) is 0.833. The molecule has 0 aromatic rings. The molecule has 0 saturated carbocycles. The van der Waals surface area contributed by atoms with Gasteiger partial charge in [0.15, 0.2) is 6.79 Å². The van der Waals surface area contributed by atoms with Crippen molar-refractivity contribution in [2.75, 3.05) is 20.3 Å². The molecule has 1 rings (SSSR count). The van der Waals surface area contributed by atoms with E-state index in [9.17, 15) is 4.79 Å². The van der Waals surface area contributed by atoms with Crippen molar-refractivity contribution in [3.63, 3.8) is 0 Å². The second kappa shape index (κ2) is 3.53. The zero-order chi connectivity index (χ0) is 7.40. The van der Waals surface area contributed by atoms with E-state index in [2.05, 4.69) is 0 Å². The maximum Gasteiger partial charge on any atom is 0.225 e. The first-order valence-electron chi connectivity index (χ1n) is 3.28. The highest BCUT2D eigenvalue weighted by atomic mass is 16.7. The van der Waals surface area contributed by atoms with Gasteiger partial charge in [0.05, 0.1) is 0 Å². The average Bonchev–Trinajstić information content (AvgIpc) is 2.05. The molecule has 10 heavy (non-hydrogen) atoms. The van der Waals surface area contributed by atoms with Gasteiger partial charge < -0.3 is 9.47 Å². The summed E-state index contributed by atoms with van der Waals surface area (Å²) in [6, 6.07) is 0. The van der Waals surface area contributed by atoms with Gasteiger partial charge in [-0.05, 0) is 0 Å². The summed E-state index contributed by atoms with van der Waals surface area (Å²) in [6.07, 6.45) is 0.507. The summed E-state index contributed by atoms with van der Waals surface area (Å²) >= 11 is 0. The Bertz CT molecular complexity index is 120. The fourth-order valence-electron chi connectivity index (χ4n) is 0.759. The van der Waals surface area contributed by atoms with Gasteiger partial charge in [0.2, 0.25) is 5.91 Å². The standard InChI is InChI=1S/C6H11NO3/c1-2-6(8)7-3-9-5-10-4-7/h2-5H2,1H3. The molecule has 0 aromatic heterocycles. The van der Waals surface area contributed by atoms with Crippen LogP contribution in [0.4, 0.5) is 0 Å². The molecule has 4 nitrogen and oxygen atoms in total. The van der Waals surface area contributed by atoms with Crippen LogP contribution in [0.5, 0.6) is 0 Å². The van der Waals surface area contributed by atoms with Crippen molar-refractivity contribution in [2.24, 2.45) is 0 Å². The van der Waals surface area contributed by atoms with Gasteiger partial charge >= 0.3 is 0 Å². The Kier molecular flexibility index (Phi) is 2.65. The van der Waals surface area contributed by atoms with Crippen LogP contribution in [-0.4, -0.2) is 31.1 Å². The molecule has 0 atom stereocenters. The summed E-state index contributed by atoms with van der Waals surface area (Å²) in [4.78, 5) is 12.5. The molecule has 4 heteroatoms. The molecular formula is C6H11NO3. The Balaban J connectivity index is 2.31. The number of ether oxygens (including phenoxy) is 2. The van der Waals surface area contributed by atoms with Crippen LogP contribution < -0.4 is 0 Å². The van der Waals surface area contributed by atoms with E-state index in [4.69, 9.17) is 9.47 Å². The number of rotatable bonds is 1. The van der Waals surface area contributed by atoms with Crippen LogP contribution in [0.3, 0.4) is 0 Å². The van der Waals surface area contributed by atoms with E-state index in [0.29, 0.717) is 26.7 Å². The lowest BCUT2D eigenvalue weighted by Crippen LogP contribution is -2.39. The van der Waals surface area contributed by atoms with Crippen LogP contribution in [0.1, 0.15) is 13.3 Å². The molecule has 1 aliphatic heterocycles. The number of carbonyl (C=O) groups excluding carboxylic acids is 1. The normalized spacial score (nSPS) is 19.1. The lowest BCUT2D eigenvalue weighted by Gasteiger charge is -2.25. The third-order valence-electron chi connectivity index (χ3n) is 1.32. The van der Waals surface area contributed by atoms with Crippen LogP contribution in [0.15, 0.2) is 0 Å². The van der Waals surface area contributed by atoms with E-state index in [1.54, 1.807) is 0 Å². The van der Waals surface area contributed by atoms with Gasteiger partial charge in [-0.1, -0.05) is 6.92 Å². The summed E-state index contributed by atoms with van der Waals surface area (Å²) in [6.45, 7) is 2.85. The van der Waals surface area contributed by atoms with Gasteiger partial charge in [-0.15, -0.1) is 0 Å². The molecule has 0 spiro atoms. The molecule has 0 N–H and O–H groups in total. The van der Waals surface area contributed by atoms with Crippen molar-refractivity contribution in [1.29, 1.82) is 0 Å². The average molecular weight is 145 g/mol. The maximum atomic E-state index is 10.9.